The Morgan fingerprint density at radius 1 is 0.977 bits per heavy atom. The van der Waals surface area contributed by atoms with Gasteiger partial charge in [0, 0.05) is 56.9 Å². The third kappa shape index (κ3) is 6.39. The molecule has 3 aliphatic heterocycles. The first kappa shape index (κ1) is 32.1. The molecule has 0 aromatic heterocycles. The van der Waals surface area contributed by atoms with Gasteiger partial charge in [0.2, 0.25) is 5.67 Å². The van der Waals surface area contributed by atoms with E-state index in [-0.39, 0.29) is 18.5 Å². The number of benzene rings is 2. The summed E-state index contributed by atoms with van der Waals surface area (Å²) in [7, 11) is 1.56. The maximum Gasteiger partial charge on any atom is 0.416 e. The molecule has 3 saturated heterocycles. The number of nitrogens with zero attached hydrogens (tertiary/aromatic N) is 3. The summed E-state index contributed by atoms with van der Waals surface area (Å²) in [6.07, 6.45) is -2.80. The number of carbonyl (C=O) groups is 2. The zero-order valence-corrected chi connectivity index (χ0v) is 25.4. The molecule has 3 aliphatic rings. The molecule has 2 aromatic carbocycles. The molecule has 1 N–H and O–H groups in total. The summed E-state index contributed by atoms with van der Waals surface area (Å²) in [5.74, 6) is -2.03. The third-order valence-electron chi connectivity index (χ3n) is 9.77. The summed E-state index contributed by atoms with van der Waals surface area (Å²) < 4.78 is 63.3. The van der Waals surface area contributed by atoms with Crippen LogP contribution in [0.25, 0.3) is 0 Å². The number of piperidine rings is 2. The van der Waals surface area contributed by atoms with Crippen molar-refractivity contribution in [3.63, 3.8) is 0 Å². The number of aliphatic carboxylic acids is 1. The van der Waals surface area contributed by atoms with Gasteiger partial charge in [0.15, 0.2) is 0 Å². The van der Waals surface area contributed by atoms with Crippen LogP contribution in [-0.2, 0) is 15.8 Å². The lowest BCUT2D eigenvalue weighted by atomic mass is 9.83. The Hall–Kier alpha value is -3.34. The van der Waals surface area contributed by atoms with Crippen molar-refractivity contribution in [2.75, 3.05) is 51.3 Å². The van der Waals surface area contributed by atoms with E-state index in [1.165, 1.54) is 12.1 Å². The van der Waals surface area contributed by atoms with Gasteiger partial charge in [-0.25, -0.2) is 4.39 Å². The third-order valence-corrected chi connectivity index (χ3v) is 9.77. The molecule has 1 amide bonds. The first-order valence-electron chi connectivity index (χ1n) is 15.4. The number of carboxylic acid groups (broad SMARTS) is 1. The quantitative estimate of drug-likeness (QED) is 0.387. The van der Waals surface area contributed by atoms with Gasteiger partial charge in [-0.15, -0.1) is 0 Å². The highest BCUT2D eigenvalue weighted by Gasteiger charge is 2.55. The standard InChI is InChI=1S/C33H41F4N3O4/c1-21(2)40-19-28(23-4-7-26(44-3)8-5-23)32(34,20-40)31(43)39-16-10-22(11-17-39)27-9-6-25(33(35,36)37)18-29(27)38-14-12-24(13-15-38)30(41)42/h4-9,18,21-22,24,28H,10-17,19-20H2,1-3H3,(H,41,42)/t28-,32-/m0/s1. The molecule has 0 saturated carbocycles. The molecule has 11 heteroatoms. The van der Waals surface area contributed by atoms with Gasteiger partial charge in [-0.3, -0.25) is 14.5 Å². The average Bonchev–Trinajstić information content (AvgIpc) is 3.39. The topological polar surface area (TPSA) is 73.3 Å². The SMILES string of the molecule is COc1ccc([C@@H]2CN(C(C)C)C[C@@]2(F)C(=O)N2CCC(c3ccc(C(F)(F)F)cc3N3CCC(C(=O)O)CC3)CC2)cc1. The fraction of sp³-hybridized carbons (Fsp3) is 0.576. The van der Waals surface area contributed by atoms with E-state index in [0.717, 1.165) is 17.2 Å². The molecule has 5 rings (SSSR count). The number of hydrogen-bond donors (Lipinski definition) is 1. The number of ether oxygens (including phenoxy) is 1. The van der Waals surface area contributed by atoms with Gasteiger partial charge in [0.05, 0.1) is 18.6 Å². The number of carbonyl (C=O) groups excluding carboxylic acids is 1. The van der Waals surface area contributed by atoms with Crippen LogP contribution in [0.1, 0.15) is 68.1 Å². The molecule has 0 bridgehead atoms. The van der Waals surface area contributed by atoms with Crippen LogP contribution in [0.4, 0.5) is 23.2 Å². The smallest absolute Gasteiger partial charge is 0.416 e. The Labute approximate surface area is 255 Å². The van der Waals surface area contributed by atoms with Crippen molar-refractivity contribution in [1.29, 1.82) is 0 Å². The van der Waals surface area contributed by atoms with Crippen LogP contribution in [0.3, 0.4) is 0 Å². The van der Waals surface area contributed by atoms with E-state index in [1.54, 1.807) is 24.1 Å². The fourth-order valence-electron chi connectivity index (χ4n) is 7.03. The van der Waals surface area contributed by atoms with Crippen molar-refractivity contribution >= 4 is 17.6 Å². The maximum absolute atomic E-state index is 17.0. The largest absolute Gasteiger partial charge is 0.497 e. The Balaban J connectivity index is 1.34. The summed E-state index contributed by atoms with van der Waals surface area (Å²) >= 11 is 0. The van der Waals surface area contributed by atoms with Gasteiger partial charge in [-0.05, 0) is 80.8 Å². The average molecular weight is 620 g/mol. The van der Waals surface area contributed by atoms with E-state index in [0.29, 0.717) is 69.8 Å². The van der Waals surface area contributed by atoms with Crippen molar-refractivity contribution in [3.8, 4) is 5.75 Å². The predicted octanol–water partition coefficient (Wildman–Crippen LogP) is 5.94. The number of alkyl halides is 4. The minimum absolute atomic E-state index is 0.00449. The van der Waals surface area contributed by atoms with Crippen LogP contribution in [-0.4, -0.2) is 84.9 Å². The molecule has 3 heterocycles. The first-order chi connectivity index (χ1) is 20.8. The van der Waals surface area contributed by atoms with Crippen molar-refractivity contribution in [2.24, 2.45) is 5.92 Å². The monoisotopic (exact) mass is 619 g/mol. The van der Waals surface area contributed by atoms with Crippen LogP contribution >= 0.6 is 0 Å². The molecule has 0 spiro atoms. The molecular formula is C33H41F4N3O4. The molecule has 3 fully saturated rings. The van der Waals surface area contributed by atoms with Gasteiger partial charge in [-0.1, -0.05) is 18.2 Å². The summed E-state index contributed by atoms with van der Waals surface area (Å²) in [4.78, 5) is 30.8. The highest BCUT2D eigenvalue weighted by Crippen LogP contribution is 2.44. The van der Waals surface area contributed by atoms with Crippen molar-refractivity contribution in [2.45, 2.75) is 69.3 Å². The van der Waals surface area contributed by atoms with Crippen LogP contribution in [0.15, 0.2) is 42.5 Å². The van der Waals surface area contributed by atoms with Crippen LogP contribution in [0.5, 0.6) is 5.75 Å². The molecule has 2 aromatic rings. The molecular weight excluding hydrogens is 578 g/mol. The second-order valence-corrected chi connectivity index (χ2v) is 12.6. The summed E-state index contributed by atoms with van der Waals surface area (Å²) in [6, 6.07) is 11.0. The van der Waals surface area contributed by atoms with E-state index in [2.05, 4.69) is 0 Å². The molecule has 44 heavy (non-hydrogen) atoms. The normalized spacial score (nSPS) is 24.2. The Morgan fingerprint density at radius 3 is 2.16 bits per heavy atom. The zero-order valence-electron chi connectivity index (χ0n) is 25.4. The van der Waals surface area contributed by atoms with Gasteiger partial charge in [0.25, 0.3) is 5.91 Å². The summed E-state index contributed by atoms with van der Waals surface area (Å²) in [5, 5.41) is 9.38. The molecule has 7 nitrogen and oxygen atoms in total. The highest BCUT2D eigenvalue weighted by atomic mass is 19.4. The first-order valence-corrected chi connectivity index (χ1v) is 15.4. The minimum Gasteiger partial charge on any atom is -0.497 e. The van der Waals surface area contributed by atoms with Gasteiger partial charge in [-0.2, -0.15) is 13.2 Å². The second kappa shape index (κ2) is 12.6. The molecule has 240 valence electrons. The maximum atomic E-state index is 17.0. The number of rotatable bonds is 7. The lowest BCUT2D eigenvalue weighted by molar-refractivity contribution is -0.145. The van der Waals surface area contributed by atoms with E-state index in [9.17, 15) is 27.9 Å². The fourth-order valence-corrected chi connectivity index (χ4v) is 7.03. The molecule has 0 unspecified atom stereocenters. The van der Waals surface area contributed by atoms with E-state index >= 15 is 4.39 Å². The van der Waals surface area contributed by atoms with Crippen molar-refractivity contribution in [3.05, 3.63) is 59.2 Å². The van der Waals surface area contributed by atoms with Gasteiger partial charge in [0.1, 0.15) is 5.75 Å². The number of hydrogen-bond acceptors (Lipinski definition) is 5. The van der Waals surface area contributed by atoms with Crippen molar-refractivity contribution < 1.29 is 37.0 Å². The molecule has 0 radical (unpaired) electrons. The van der Waals surface area contributed by atoms with E-state index in [1.807, 2.05) is 35.8 Å². The lowest BCUT2D eigenvalue weighted by Crippen LogP contribution is -2.52. The lowest BCUT2D eigenvalue weighted by Gasteiger charge is -2.39. The van der Waals surface area contributed by atoms with Crippen LogP contribution in [0.2, 0.25) is 0 Å². The van der Waals surface area contributed by atoms with E-state index in [4.69, 9.17) is 4.74 Å². The molecule has 0 aliphatic carbocycles. The van der Waals surface area contributed by atoms with Crippen molar-refractivity contribution in [1.82, 2.24) is 9.80 Å². The number of anilines is 1. The Morgan fingerprint density at radius 2 is 1.61 bits per heavy atom. The van der Waals surface area contributed by atoms with E-state index < -0.39 is 41.1 Å². The molecule has 2 atom stereocenters. The number of amides is 1. The Bertz CT molecular complexity index is 1340. The van der Waals surface area contributed by atoms with Crippen LogP contribution < -0.4 is 9.64 Å². The number of carboxylic acids is 1. The number of halogens is 4. The summed E-state index contributed by atoms with van der Waals surface area (Å²) in [6.45, 7) is 5.68. The zero-order chi connectivity index (χ0) is 31.8. The predicted molar refractivity (Wildman–Crippen MR) is 159 cm³/mol. The Kier molecular flexibility index (Phi) is 9.16. The number of likely N-dealkylation sites (tertiary alicyclic amines) is 2. The van der Waals surface area contributed by atoms with Crippen LogP contribution in [0, 0.1) is 5.92 Å². The second-order valence-electron chi connectivity index (χ2n) is 12.6. The summed E-state index contributed by atoms with van der Waals surface area (Å²) in [5.41, 5.74) is -0.889. The van der Waals surface area contributed by atoms with Gasteiger partial charge >= 0.3 is 12.1 Å². The highest BCUT2D eigenvalue weighted by molar-refractivity contribution is 5.87. The minimum atomic E-state index is -4.51. The van der Waals surface area contributed by atoms with Gasteiger partial charge < -0.3 is 19.6 Å². The number of methoxy groups -OCH3 is 1.